The second-order valence-electron chi connectivity index (χ2n) is 6.54. The van der Waals surface area contributed by atoms with Crippen molar-refractivity contribution in [3.8, 4) is 0 Å². The number of ether oxygens (including phenoxy) is 1. The van der Waals surface area contributed by atoms with Crippen LogP contribution in [0.4, 0.5) is 18.9 Å². The number of nitrogens with zero attached hydrogens (tertiary/aromatic N) is 3. The van der Waals surface area contributed by atoms with Gasteiger partial charge in [-0.15, -0.1) is 0 Å². The lowest BCUT2D eigenvalue weighted by molar-refractivity contribution is -0.147. The number of piperazine rings is 1. The first-order valence-electron chi connectivity index (χ1n) is 8.33. The molecule has 25 heavy (non-hydrogen) atoms. The second-order valence-corrected chi connectivity index (χ2v) is 6.54. The van der Waals surface area contributed by atoms with E-state index < -0.39 is 11.7 Å². The molecule has 2 heterocycles. The molecular weight excluding hydrogens is 335 g/mol. The van der Waals surface area contributed by atoms with E-state index in [9.17, 15) is 18.0 Å². The monoisotopic (exact) mass is 357 g/mol. The van der Waals surface area contributed by atoms with Gasteiger partial charge in [0.2, 0.25) is 5.91 Å². The molecule has 0 spiro atoms. The molecule has 5 nitrogen and oxygen atoms in total. The fraction of sp³-hybridized carbons (Fsp3) is 0.588. The summed E-state index contributed by atoms with van der Waals surface area (Å²) in [6, 6.07) is 5.47. The predicted molar refractivity (Wildman–Crippen MR) is 87.5 cm³/mol. The van der Waals surface area contributed by atoms with E-state index in [4.69, 9.17) is 4.74 Å². The third-order valence-electron chi connectivity index (χ3n) is 4.72. The number of morpholine rings is 1. The fourth-order valence-electron chi connectivity index (χ4n) is 3.23. The maximum Gasteiger partial charge on any atom is 0.416 e. The van der Waals surface area contributed by atoms with Crippen molar-refractivity contribution >= 4 is 11.6 Å². The molecule has 1 aromatic rings. The number of benzene rings is 1. The highest BCUT2D eigenvalue weighted by molar-refractivity contribution is 5.77. The molecular formula is C17H22F3N3O2. The summed E-state index contributed by atoms with van der Waals surface area (Å²) in [5.41, 5.74) is -0.00976. The van der Waals surface area contributed by atoms with Gasteiger partial charge in [-0.05, 0) is 18.2 Å². The number of alkyl halides is 3. The Morgan fingerprint density at radius 1 is 1.20 bits per heavy atom. The van der Waals surface area contributed by atoms with Crippen molar-refractivity contribution in [3.05, 3.63) is 29.8 Å². The van der Waals surface area contributed by atoms with Crippen LogP contribution in [-0.4, -0.2) is 74.7 Å². The van der Waals surface area contributed by atoms with Crippen LogP contribution in [0.3, 0.4) is 0 Å². The zero-order chi connectivity index (χ0) is 18.0. The average Bonchev–Trinajstić information content (AvgIpc) is 2.58. The molecule has 138 valence electrons. The minimum Gasteiger partial charge on any atom is -0.369 e. The summed E-state index contributed by atoms with van der Waals surface area (Å²) < 4.78 is 44.1. The van der Waals surface area contributed by atoms with Gasteiger partial charge in [0.1, 0.15) is 6.61 Å². The smallest absolute Gasteiger partial charge is 0.369 e. The van der Waals surface area contributed by atoms with Gasteiger partial charge in [-0.2, -0.15) is 13.2 Å². The van der Waals surface area contributed by atoms with E-state index in [1.807, 2.05) is 4.90 Å². The van der Waals surface area contributed by atoms with E-state index in [0.29, 0.717) is 25.3 Å². The normalized spacial score (nSPS) is 23.2. The minimum absolute atomic E-state index is 0.00869. The van der Waals surface area contributed by atoms with E-state index >= 15 is 0 Å². The van der Waals surface area contributed by atoms with Gasteiger partial charge in [-0.1, -0.05) is 6.07 Å². The van der Waals surface area contributed by atoms with E-state index in [1.54, 1.807) is 18.0 Å². The van der Waals surface area contributed by atoms with Crippen molar-refractivity contribution in [2.45, 2.75) is 12.3 Å². The largest absolute Gasteiger partial charge is 0.416 e. The summed E-state index contributed by atoms with van der Waals surface area (Å²) >= 11 is 0. The topological polar surface area (TPSA) is 36.0 Å². The molecule has 2 aliphatic heterocycles. The Morgan fingerprint density at radius 2 is 1.92 bits per heavy atom. The minimum atomic E-state index is -4.32. The van der Waals surface area contributed by atoms with E-state index in [-0.39, 0.29) is 18.6 Å². The maximum atomic E-state index is 12.8. The Hall–Kier alpha value is -1.80. The van der Waals surface area contributed by atoms with E-state index in [2.05, 4.69) is 4.90 Å². The highest BCUT2D eigenvalue weighted by Gasteiger charge is 2.31. The first kappa shape index (κ1) is 18.0. The first-order valence-corrected chi connectivity index (χ1v) is 8.33. The van der Waals surface area contributed by atoms with Gasteiger partial charge in [-0.3, -0.25) is 9.69 Å². The van der Waals surface area contributed by atoms with Gasteiger partial charge in [0.05, 0.1) is 11.7 Å². The van der Waals surface area contributed by atoms with Crippen molar-refractivity contribution in [2.75, 3.05) is 57.8 Å². The molecule has 0 aliphatic carbocycles. The molecule has 0 bridgehead atoms. The van der Waals surface area contributed by atoms with Crippen molar-refractivity contribution in [1.82, 2.24) is 9.80 Å². The van der Waals surface area contributed by atoms with E-state index in [0.717, 1.165) is 25.7 Å². The number of likely N-dealkylation sites (N-methyl/N-ethyl adjacent to an activating group) is 1. The zero-order valence-electron chi connectivity index (χ0n) is 14.1. The van der Waals surface area contributed by atoms with Crippen LogP contribution in [0.2, 0.25) is 0 Å². The standard InChI is InChI=1S/C17H22F3N3O2/c1-21-10-15(25-12-16(21)24)11-22-5-7-23(8-6-22)14-4-2-3-13(9-14)17(18,19)20/h2-4,9,15H,5-8,10-12H2,1H3. The zero-order valence-corrected chi connectivity index (χ0v) is 14.1. The van der Waals surface area contributed by atoms with E-state index in [1.165, 1.54) is 12.1 Å². The van der Waals surface area contributed by atoms with Crippen LogP contribution >= 0.6 is 0 Å². The quantitative estimate of drug-likeness (QED) is 0.825. The van der Waals surface area contributed by atoms with Gasteiger partial charge in [-0.25, -0.2) is 0 Å². The van der Waals surface area contributed by atoms with Gasteiger partial charge in [0, 0.05) is 52.0 Å². The molecule has 2 fully saturated rings. The molecule has 0 saturated carbocycles. The Labute approximate surface area is 144 Å². The molecule has 1 aromatic carbocycles. The molecule has 0 N–H and O–H groups in total. The molecule has 0 aromatic heterocycles. The Morgan fingerprint density at radius 3 is 2.56 bits per heavy atom. The van der Waals surface area contributed by atoms with Crippen LogP contribution in [0.5, 0.6) is 0 Å². The molecule has 1 amide bonds. The lowest BCUT2D eigenvalue weighted by Crippen LogP contribution is -2.53. The first-order chi connectivity index (χ1) is 11.8. The second kappa shape index (κ2) is 7.21. The Kier molecular flexibility index (Phi) is 5.19. The summed E-state index contributed by atoms with van der Waals surface area (Å²) in [7, 11) is 1.77. The predicted octanol–water partition coefficient (Wildman–Crippen LogP) is 1.68. The molecule has 2 aliphatic rings. The van der Waals surface area contributed by atoms with Gasteiger partial charge < -0.3 is 14.5 Å². The molecule has 2 saturated heterocycles. The van der Waals surface area contributed by atoms with Crippen LogP contribution in [0, 0.1) is 0 Å². The number of halogens is 3. The van der Waals surface area contributed by atoms with Crippen molar-refractivity contribution in [1.29, 1.82) is 0 Å². The summed E-state index contributed by atoms with van der Waals surface area (Å²) in [6.45, 7) is 4.28. The molecule has 3 rings (SSSR count). The summed E-state index contributed by atoms with van der Waals surface area (Å²) in [5.74, 6) is -0.00869. The maximum absolute atomic E-state index is 12.8. The Bertz CT molecular complexity index is 615. The fourth-order valence-corrected chi connectivity index (χ4v) is 3.23. The van der Waals surface area contributed by atoms with Crippen molar-refractivity contribution in [2.24, 2.45) is 0 Å². The van der Waals surface area contributed by atoms with Crippen molar-refractivity contribution in [3.63, 3.8) is 0 Å². The number of carbonyl (C=O) groups excluding carboxylic acids is 1. The SMILES string of the molecule is CN1CC(CN2CCN(c3cccc(C(F)(F)F)c3)CC2)OCC1=O. The number of carbonyl (C=O) groups is 1. The van der Waals surface area contributed by atoms with Gasteiger partial charge in [0.25, 0.3) is 0 Å². The number of hydrogen-bond donors (Lipinski definition) is 0. The molecule has 0 radical (unpaired) electrons. The molecule has 1 atom stereocenters. The Balaban J connectivity index is 1.53. The van der Waals surface area contributed by atoms with Crippen LogP contribution in [0.1, 0.15) is 5.56 Å². The van der Waals surface area contributed by atoms with Crippen LogP contribution in [-0.2, 0) is 15.7 Å². The summed E-state index contributed by atoms with van der Waals surface area (Å²) in [4.78, 5) is 17.3. The number of anilines is 1. The number of hydrogen-bond acceptors (Lipinski definition) is 4. The van der Waals surface area contributed by atoms with Gasteiger partial charge >= 0.3 is 6.18 Å². The average molecular weight is 357 g/mol. The van der Waals surface area contributed by atoms with Crippen LogP contribution in [0.25, 0.3) is 0 Å². The number of rotatable bonds is 3. The third kappa shape index (κ3) is 4.43. The molecule has 8 heteroatoms. The molecule has 1 unspecified atom stereocenters. The summed E-state index contributed by atoms with van der Waals surface area (Å²) in [5, 5.41) is 0. The van der Waals surface area contributed by atoms with Crippen LogP contribution in [0.15, 0.2) is 24.3 Å². The lowest BCUT2D eigenvalue weighted by atomic mass is 10.1. The highest BCUT2D eigenvalue weighted by Crippen LogP contribution is 2.31. The summed E-state index contributed by atoms with van der Waals surface area (Å²) in [6.07, 6.45) is -4.33. The van der Waals surface area contributed by atoms with Crippen molar-refractivity contribution < 1.29 is 22.7 Å². The van der Waals surface area contributed by atoms with Gasteiger partial charge in [0.15, 0.2) is 0 Å². The highest BCUT2D eigenvalue weighted by atomic mass is 19.4. The van der Waals surface area contributed by atoms with Crippen LogP contribution < -0.4 is 4.90 Å². The third-order valence-corrected chi connectivity index (χ3v) is 4.72. The number of amides is 1. The lowest BCUT2D eigenvalue weighted by Gasteiger charge is -2.39.